The summed E-state index contributed by atoms with van der Waals surface area (Å²) in [7, 11) is 0. The standard InChI is InChI=1S/C14H17FN2O4/c1-9(10-4-2-3-5-11(10)15)16-14(20)17-6-7-21-8-12(17)13(18)19/h2-5,9,12H,6-8H2,1H3,(H,16,20)(H,18,19). The predicted octanol–water partition coefficient (Wildman–Crippen LogP) is 1.38. The molecule has 1 heterocycles. The van der Waals surface area contributed by atoms with Crippen molar-refractivity contribution in [2.75, 3.05) is 19.8 Å². The molecule has 0 bridgehead atoms. The summed E-state index contributed by atoms with van der Waals surface area (Å²) in [5.74, 6) is -1.54. The van der Waals surface area contributed by atoms with Crippen LogP contribution in [-0.4, -0.2) is 47.8 Å². The fourth-order valence-electron chi connectivity index (χ4n) is 2.22. The fraction of sp³-hybridized carbons (Fsp3) is 0.429. The molecule has 0 aliphatic carbocycles. The second kappa shape index (κ2) is 6.53. The minimum atomic E-state index is -1.12. The molecule has 114 valence electrons. The van der Waals surface area contributed by atoms with Gasteiger partial charge in [-0.3, -0.25) is 0 Å². The highest BCUT2D eigenvalue weighted by molar-refractivity contribution is 5.83. The Morgan fingerprint density at radius 2 is 2.19 bits per heavy atom. The summed E-state index contributed by atoms with van der Waals surface area (Å²) in [6.07, 6.45) is 0. The number of nitrogens with zero attached hydrogens (tertiary/aromatic N) is 1. The van der Waals surface area contributed by atoms with Crippen molar-refractivity contribution in [3.8, 4) is 0 Å². The van der Waals surface area contributed by atoms with Crippen molar-refractivity contribution in [3.05, 3.63) is 35.6 Å². The van der Waals surface area contributed by atoms with Crippen molar-refractivity contribution in [1.82, 2.24) is 10.2 Å². The highest BCUT2D eigenvalue weighted by atomic mass is 19.1. The summed E-state index contributed by atoms with van der Waals surface area (Å²) in [6.45, 7) is 2.07. The largest absolute Gasteiger partial charge is 0.480 e. The van der Waals surface area contributed by atoms with Crippen LogP contribution in [0.15, 0.2) is 24.3 Å². The zero-order valence-corrected chi connectivity index (χ0v) is 11.6. The van der Waals surface area contributed by atoms with Crippen molar-refractivity contribution in [2.24, 2.45) is 0 Å². The third-order valence-electron chi connectivity index (χ3n) is 3.39. The number of amides is 2. The van der Waals surface area contributed by atoms with Gasteiger partial charge in [0, 0.05) is 12.1 Å². The molecule has 1 aliphatic rings. The van der Waals surface area contributed by atoms with E-state index in [-0.39, 0.29) is 19.8 Å². The lowest BCUT2D eigenvalue weighted by Gasteiger charge is -2.33. The topological polar surface area (TPSA) is 78.9 Å². The van der Waals surface area contributed by atoms with E-state index in [0.29, 0.717) is 5.56 Å². The van der Waals surface area contributed by atoms with Crippen LogP contribution in [0.4, 0.5) is 9.18 Å². The average Bonchev–Trinajstić information content (AvgIpc) is 2.47. The van der Waals surface area contributed by atoms with Crippen molar-refractivity contribution >= 4 is 12.0 Å². The molecule has 2 rings (SSSR count). The number of hydrogen-bond acceptors (Lipinski definition) is 3. The molecule has 0 spiro atoms. The Balaban J connectivity index is 2.06. The molecule has 1 aromatic rings. The second-order valence-corrected chi connectivity index (χ2v) is 4.82. The number of rotatable bonds is 3. The van der Waals surface area contributed by atoms with Crippen molar-refractivity contribution in [3.63, 3.8) is 0 Å². The highest BCUT2D eigenvalue weighted by Crippen LogP contribution is 2.17. The minimum Gasteiger partial charge on any atom is -0.480 e. The summed E-state index contributed by atoms with van der Waals surface area (Å²) in [5.41, 5.74) is 0.353. The molecule has 2 amide bonds. The van der Waals surface area contributed by atoms with E-state index in [1.54, 1.807) is 25.1 Å². The number of aliphatic carboxylic acids is 1. The van der Waals surface area contributed by atoms with Gasteiger partial charge in [0.05, 0.1) is 19.3 Å². The number of carbonyl (C=O) groups excluding carboxylic acids is 1. The molecular formula is C14H17FN2O4. The van der Waals surface area contributed by atoms with Crippen molar-refractivity contribution in [2.45, 2.75) is 19.0 Å². The summed E-state index contributed by atoms with van der Waals surface area (Å²) < 4.78 is 18.7. The van der Waals surface area contributed by atoms with Crippen LogP contribution in [0, 0.1) is 5.82 Å². The van der Waals surface area contributed by atoms with E-state index in [2.05, 4.69) is 5.32 Å². The number of ether oxygens (including phenoxy) is 1. The number of hydrogen-bond donors (Lipinski definition) is 2. The van der Waals surface area contributed by atoms with Gasteiger partial charge in [-0.2, -0.15) is 0 Å². The summed E-state index contributed by atoms with van der Waals surface area (Å²) >= 11 is 0. The van der Waals surface area contributed by atoms with Gasteiger partial charge in [-0.25, -0.2) is 14.0 Å². The Bertz CT molecular complexity index is 537. The number of carboxylic acids is 1. The van der Waals surface area contributed by atoms with Gasteiger partial charge in [0.1, 0.15) is 5.82 Å². The maximum absolute atomic E-state index is 13.7. The van der Waals surface area contributed by atoms with E-state index in [1.807, 2.05) is 0 Å². The SMILES string of the molecule is CC(NC(=O)N1CCOCC1C(=O)O)c1ccccc1F. The van der Waals surface area contributed by atoms with Crippen LogP contribution in [0.3, 0.4) is 0 Å². The molecular weight excluding hydrogens is 279 g/mol. The average molecular weight is 296 g/mol. The first-order chi connectivity index (χ1) is 10.0. The molecule has 1 aromatic carbocycles. The third-order valence-corrected chi connectivity index (χ3v) is 3.39. The van der Waals surface area contributed by atoms with Crippen LogP contribution in [-0.2, 0) is 9.53 Å². The Labute approximate surface area is 121 Å². The number of nitrogens with one attached hydrogen (secondary N) is 1. The van der Waals surface area contributed by atoms with E-state index in [9.17, 15) is 14.0 Å². The van der Waals surface area contributed by atoms with Crippen molar-refractivity contribution in [1.29, 1.82) is 0 Å². The summed E-state index contributed by atoms with van der Waals surface area (Å²) in [5, 5.41) is 11.7. The van der Waals surface area contributed by atoms with E-state index in [0.717, 1.165) is 0 Å². The number of carboxylic acid groups (broad SMARTS) is 1. The molecule has 1 saturated heterocycles. The molecule has 1 aliphatic heterocycles. The first-order valence-electron chi connectivity index (χ1n) is 6.63. The Morgan fingerprint density at radius 3 is 2.86 bits per heavy atom. The first-order valence-corrected chi connectivity index (χ1v) is 6.63. The number of carbonyl (C=O) groups is 2. The first kappa shape index (κ1) is 15.2. The number of benzene rings is 1. The van der Waals surface area contributed by atoms with Gasteiger partial charge >= 0.3 is 12.0 Å². The predicted molar refractivity (Wildman–Crippen MR) is 72.3 cm³/mol. The monoisotopic (exact) mass is 296 g/mol. The zero-order chi connectivity index (χ0) is 15.4. The minimum absolute atomic E-state index is 0.0448. The molecule has 0 saturated carbocycles. The molecule has 7 heteroatoms. The normalized spacial score (nSPS) is 19.9. The van der Waals surface area contributed by atoms with Gasteiger partial charge in [0.15, 0.2) is 6.04 Å². The zero-order valence-electron chi connectivity index (χ0n) is 11.6. The van der Waals surface area contributed by atoms with E-state index in [4.69, 9.17) is 9.84 Å². The van der Waals surface area contributed by atoms with E-state index in [1.165, 1.54) is 11.0 Å². The molecule has 2 atom stereocenters. The van der Waals surface area contributed by atoms with Crippen molar-refractivity contribution < 1.29 is 23.8 Å². The van der Waals surface area contributed by atoms with Gasteiger partial charge in [0.25, 0.3) is 0 Å². The van der Waals surface area contributed by atoms with Crippen LogP contribution in [0.1, 0.15) is 18.5 Å². The van der Waals surface area contributed by atoms with Crippen LogP contribution >= 0.6 is 0 Å². The summed E-state index contributed by atoms with van der Waals surface area (Å²) in [6, 6.07) is 4.01. The Kier molecular flexibility index (Phi) is 4.74. The van der Waals surface area contributed by atoms with Gasteiger partial charge in [-0.05, 0) is 13.0 Å². The van der Waals surface area contributed by atoms with E-state index >= 15 is 0 Å². The molecule has 21 heavy (non-hydrogen) atoms. The molecule has 1 fully saturated rings. The molecule has 2 unspecified atom stereocenters. The van der Waals surface area contributed by atoms with Crippen LogP contribution in [0.25, 0.3) is 0 Å². The Morgan fingerprint density at radius 1 is 1.48 bits per heavy atom. The molecule has 6 nitrogen and oxygen atoms in total. The van der Waals surface area contributed by atoms with Crippen LogP contribution < -0.4 is 5.32 Å². The highest BCUT2D eigenvalue weighted by Gasteiger charge is 2.33. The maximum atomic E-state index is 13.7. The smallest absolute Gasteiger partial charge is 0.328 e. The molecule has 2 N–H and O–H groups in total. The third kappa shape index (κ3) is 3.49. The number of morpholine rings is 1. The Hall–Kier alpha value is -2.15. The van der Waals surface area contributed by atoms with Gasteiger partial charge in [-0.15, -0.1) is 0 Å². The van der Waals surface area contributed by atoms with Gasteiger partial charge in [-0.1, -0.05) is 18.2 Å². The fourth-order valence-corrected chi connectivity index (χ4v) is 2.22. The number of halogens is 1. The lowest BCUT2D eigenvalue weighted by atomic mass is 10.1. The van der Waals surface area contributed by atoms with Gasteiger partial charge < -0.3 is 20.1 Å². The summed E-state index contributed by atoms with van der Waals surface area (Å²) in [4.78, 5) is 24.5. The second-order valence-electron chi connectivity index (χ2n) is 4.82. The molecule has 0 aromatic heterocycles. The van der Waals surface area contributed by atoms with Gasteiger partial charge in [0.2, 0.25) is 0 Å². The lowest BCUT2D eigenvalue weighted by molar-refractivity contribution is -0.147. The quantitative estimate of drug-likeness (QED) is 0.883. The number of urea groups is 1. The maximum Gasteiger partial charge on any atom is 0.328 e. The van der Waals surface area contributed by atoms with E-state index < -0.39 is 29.9 Å². The molecule has 0 radical (unpaired) electrons. The van der Waals surface area contributed by atoms with Crippen LogP contribution in [0.5, 0.6) is 0 Å². The lowest BCUT2D eigenvalue weighted by Crippen LogP contribution is -2.55. The van der Waals surface area contributed by atoms with Crippen LogP contribution in [0.2, 0.25) is 0 Å².